The Bertz CT molecular complexity index is 618. The van der Waals surface area contributed by atoms with Gasteiger partial charge in [-0.25, -0.2) is 0 Å². The molecule has 110 valence electrons. The molecular formula is C12H16ClN3O3S. The summed E-state index contributed by atoms with van der Waals surface area (Å²) >= 11 is 6.06. The van der Waals surface area contributed by atoms with Crippen molar-refractivity contribution < 1.29 is 13.2 Å². The maximum absolute atomic E-state index is 12.0. The van der Waals surface area contributed by atoms with Gasteiger partial charge in [0.1, 0.15) is 0 Å². The molecule has 1 fully saturated rings. The molecule has 0 radical (unpaired) electrons. The summed E-state index contributed by atoms with van der Waals surface area (Å²) in [5, 5.41) is 0.469. The fourth-order valence-electron chi connectivity index (χ4n) is 2.01. The molecule has 1 saturated heterocycles. The van der Waals surface area contributed by atoms with E-state index < -0.39 is 16.3 Å². The van der Waals surface area contributed by atoms with E-state index in [4.69, 9.17) is 11.6 Å². The molecule has 2 rings (SSSR count). The predicted molar refractivity (Wildman–Crippen MR) is 78.0 cm³/mol. The van der Waals surface area contributed by atoms with E-state index in [9.17, 15) is 13.2 Å². The van der Waals surface area contributed by atoms with Gasteiger partial charge in [0, 0.05) is 33.1 Å². The summed E-state index contributed by atoms with van der Waals surface area (Å²) in [6, 6.07) is 6.54. The molecule has 1 aromatic rings. The van der Waals surface area contributed by atoms with Crippen LogP contribution in [-0.2, 0) is 15.0 Å². The maximum atomic E-state index is 12.0. The molecule has 1 unspecified atom stereocenters. The topological polar surface area (TPSA) is 69.7 Å². The van der Waals surface area contributed by atoms with Crippen molar-refractivity contribution in [3.8, 4) is 0 Å². The van der Waals surface area contributed by atoms with Crippen LogP contribution in [0.25, 0.3) is 0 Å². The van der Waals surface area contributed by atoms with Gasteiger partial charge in [-0.15, -0.1) is 0 Å². The Morgan fingerprint density at radius 3 is 2.60 bits per heavy atom. The van der Waals surface area contributed by atoms with Crippen LogP contribution < -0.4 is 9.62 Å². The second-order valence-corrected chi connectivity index (χ2v) is 7.09. The smallest absolute Gasteiger partial charge is 0.279 e. The summed E-state index contributed by atoms with van der Waals surface area (Å²) in [6.07, 6.45) is 0.123. The highest BCUT2D eigenvalue weighted by atomic mass is 35.5. The minimum Gasteiger partial charge on any atom is -0.309 e. The number of amides is 1. The molecule has 1 aliphatic rings. The number of rotatable bonds is 4. The molecule has 1 aliphatic heterocycles. The molecule has 8 heteroatoms. The van der Waals surface area contributed by atoms with Gasteiger partial charge >= 0.3 is 0 Å². The Morgan fingerprint density at radius 1 is 1.35 bits per heavy atom. The molecule has 20 heavy (non-hydrogen) atoms. The highest BCUT2D eigenvalue weighted by Gasteiger charge is 2.34. The summed E-state index contributed by atoms with van der Waals surface area (Å²) < 4.78 is 27.1. The number of carbonyl (C=O) groups is 1. The van der Waals surface area contributed by atoms with E-state index in [0.717, 1.165) is 4.31 Å². The average Bonchev–Trinajstić information content (AvgIpc) is 2.69. The Kier molecular flexibility index (Phi) is 4.33. The summed E-state index contributed by atoms with van der Waals surface area (Å²) in [4.78, 5) is 13.5. The van der Waals surface area contributed by atoms with E-state index in [1.165, 1.54) is 19.0 Å². The normalized spacial score (nSPS) is 19.9. The Hall–Kier alpha value is -1.15. The third kappa shape index (κ3) is 3.12. The number of hydrogen-bond acceptors (Lipinski definition) is 3. The quantitative estimate of drug-likeness (QED) is 0.894. The van der Waals surface area contributed by atoms with Gasteiger partial charge in [-0.05, 0) is 12.1 Å². The zero-order valence-corrected chi connectivity index (χ0v) is 12.8. The largest absolute Gasteiger partial charge is 0.309 e. The third-order valence-electron chi connectivity index (χ3n) is 3.06. The number of anilines is 1. The molecule has 0 bridgehead atoms. The van der Waals surface area contributed by atoms with Gasteiger partial charge in [-0.2, -0.15) is 17.4 Å². The van der Waals surface area contributed by atoms with E-state index in [1.54, 1.807) is 24.3 Å². The molecule has 0 spiro atoms. The first-order chi connectivity index (χ1) is 9.31. The number of para-hydroxylation sites is 1. The van der Waals surface area contributed by atoms with Crippen molar-refractivity contribution >= 4 is 33.4 Å². The zero-order chi connectivity index (χ0) is 14.9. The summed E-state index contributed by atoms with van der Waals surface area (Å²) in [5.41, 5.74) is 0.603. The Balaban J connectivity index is 2.15. The molecule has 1 aromatic carbocycles. The van der Waals surface area contributed by atoms with E-state index in [0.29, 0.717) is 10.7 Å². The van der Waals surface area contributed by atoms with E-state index in [2.05, 4.69) is 4.72 Å². The molecular weight excluding hydrogens is 302 g/mol. The zero-order valence-electron chi connectivity index (χ0n) is 11.2. The van der Waals surface area contributed by atoms with Crippen molar-refractivity contribution in [1.29, 1.82) is 0 Å². The van der Waals surface area contributed by atoms with Crippen molar-refractivity contribution in [2.24, 2.45) is 0 Å². The van der Waals surface area contributed by atoms with Gasteiger partial charge in [-0.3, -0.25) is 4.79 Å². The minimum absolute atomic E-state index is 0.123. The lowest BCUT2D eigenvalue weighted by Crippen LogP contribution is -2.43. The molecule has 1 N–H and O–H groups in total. The van der Waals surface area contributed by atoms with Crippen LogP contribution in [0.2, 0.25) is 5.02 Å². The van der Waals surface area contributed by atoms with Crippen LogP contribution in [0.5, 0.6) is 0 Å². The van der Waals surface area contributed by atoms with Crippen LogP contribution in [0, 0.1) is 0 Å². The van der Waals surface area contributed by atoms with Gasteiger partial charge in [0.05, 0.1) is 10.7 Å². The average molecular weight is 318 g/mol. The second-order valence-electron chi connectivity index (χ2n) is 4.76. The number of nitrogens with one attached hydrogen (secondary N) is 1. The van der Waals surface area contributed by atoms with Gasteiger partial charge in [0.15, 0.2) is 0 Å². The lowest BCUT2D eigenvalue weighted by Gasteiger charge is -2.19. The Labute approximate surface area is 123 Å². The number of carbonyl (C=O) groups excluding carboxylic acids is 1. The molecule has 0 aliphatic carbocycles. The highest BCUT2D eigenvalue weighted by Crippen LogP contribution is 2.29. The van der Waals surface area contributed by atoms with Crippen LogP contribution in [0.15, 0.2) is 24.3 Å². The molecule has 1 amide bonds. The van der Waals surface area contributed by atoms with E-state index in [1.807, 2.05) is 0 Å². The van der Waals surface area contributed by atoms with Crippen LogP contribution in [0.4, 0.5) is 5.69 Å². The van der Waals surface area contributed by atoms with Crippen molar-refractivity contribution in [3.05, 3.63) is 29.3 Å². The molecule has 6 nitrogen and oxygen atoms in total. The molecule has 0 saturated carbocycles. The van der Waals surface area contributed by atoms with Crippen LogP contribution in [0.1, 0.15) is 6.42 Å². The van der Waals surface area contributed by atoms with Crippen LogP contribution >= 0.6 is 11.6 Å². The molecule has 1 atom stereocenters. The first-order valence-corrected chi connectivity index (χ1v) is 7.88. The van der Waals surface area contributed by atoms with Gasteiger partial charge in [0.25, 0.3) is 10.2 Å². The minimum atomic E-state index is -3.55. The number of nitrogens with zero attached hydrogens (tertiary/aromatic N) is 2. The third-order valence-corrected chi connectivity index (χ3v) is 4.98. The van der Waals surface area contributed by atoms with Crippen molar-refractivity contribution in [2.75, 3.05) is 25.5 Å². The Morgan fingerprint density at radius 2 is 2.00 bits per heavy atom. The van der Waals surface area contributed by atoms with Crippen LogP contribution in [0.3, 0.4) is 0 Å². The van der Waals surface area contributed by atoms with Gasteiger partial charge in [-0.1, -0.05) is 23.7 Å². The van der Waals surface area contributed by atoms with E-state index >= 15 is 0 Å². The standard InChI is InChI=1S/C12H16ClN3O3S/c1-15(2)20(18,19)14-9-7-12(17)16(8-9)11-6-4-3-5-10(11)13/h3-6,9,14H,7-8H2,1-2H3. The monoisotopic (exact) mass is 317 g/mol. The lowest BCUT2D eigenvalue weighted by molar-refractivity contribution is -0.117. The fraction of sp³-hybridized carbons (Fsp3) is 0.417. The SMILES string of the molecule is CN(C)S(=O)(=O)NC1CC(=O)N(c2ccccc2Cl)C1. The number of benzene rings is 1. The van der Waals surface area contributed by atoms with Gasteiger partial charge in [0.2, 0.25) is 5.91 Å². The van der Waals surface area contributed by atoms with Crippen molar-refractivity contribution in [1.82, 2.24) is 9.03 Å². The lowest BCUT2D eigenvalue weighted by atomic mass is 10.3. The predicted octanol–water partition coefficient (Wildman–Crippen LogP) is 0.841. The first-order valence-electron chi connectivity index (χ1n) is 6.06. The maximum Gasteiger partial charge on any atom is 0.279 e. The first kappa shape index (κ1) is 15.2. The number of halogens is 1. The fourth-order valence-corrected chi connectivity index (χ4v) is 3.03. The summed E-state index contributed by atoms with van der Waals surface area (Å²) in [7, 11) is -0.678. The van der Waals surface area contributed by atoms with E-state index in [-0.39, 0.29) is 18.9 Å². The number of hydrogen-bond donors (Lipinski definition) is 1. The van der Waals surface area contributed by atoms with Crippen molar-refractivity contribution in [2.45, 2.75) is 12.5 Å². The summed E-state index contributed by atoms with van der Waals surface area (Å²) in [6.45, 7) is 0.273. The molecule has 1 heterocycles. The second kappa shape index (κ2) is 5.69. The molecule has 0 aromatic heterocycles. The summed E-state index contributed by atoms with van der Waals surface area (Å²) in [5.74, 6) is -0.149. The van der Waals surface area contributed by atoms with Crippen LogP contribution in [-0.4, -0.2) is 45.3 Å². The van der Waals surface area contributed by atoms with Crippen molar-refractivity contribution in [3.63, 3.8) is 0 Å². The van der Waals surface area contributed by atoms with Gasteiger partial charge < -0.3 is 4.90 Å². The highest BCUT2D eigenvalue weighted by molar-refractivity contribution is 7.87.